The van der Waals surface area contributed by atoms with Crippen molar-refractivity contribution in [3.05, 3.63) is 65.7 Å². The summed E-state index contributed by atoms with van der Waals surface area (Å²) in [5.41, 5.74) is 2.93. The zero-order chi connectivity index (χ0) is 19.6. The third-order valence-electron chi connectivity index (χ3n) is 5.76. The molecule has 3 rings (SSSR count). The number of esters is 1. The molecule has 1 unspecified atom stereocenters. The fourth-order valence-electron chi connectivity index (χ4n) is 4.21. The predicted octanol–water partition coefficient (Wildman–Crippen LogP) is 4.54. The highest BCUT2D eigenvalue weighted by atomic mass is 16.5. The first-order valence-electron chi connectivity index (χ1n) is 9.51. The fraction of sp³-hybridized carbons (Fsp3) is 0.391. The molecular formula is C23H27NO3. The topological polar surface area (TPSA) is 46.6 Å². The first-order valence-corrected chi connectivity index (χ1v) is 9.51. The molecule has 0 spiro atoms. The molecule has 2 aromatic carbocycles. The van der Waals surface area contributed by atoms with Crippen molar-refractivity contribution in [3.63, 3.8) is 0 Å². The molecule has 1 heterocycles. The van der Waals surface area contributed by atoms with Gasteiger partial charge in [0.05, 0.1) is 5.92 Å². The van der Waals surface area contributed by atoms with Crippen LogP contribution >= 0.6 is 0 Å². The Morgan fingerprint density at radius 1 is 1.04 bits per heavy atom. The number of ether oxygens (including phenoxy) is 1. The summed E-state index contributed by atoms with van der Waals surface area (Å²) in [5, 5.41) is 0. The van der Waals surface area contributed by atoms with E-state index in [9.17, 15) is 9.59 Å². The molecule has 0 aliphatic carbocycles. The highest BCUT2D eigenvalue weighted by Gasteiger charge is 2.42. The Balaban J connectivity index is 1.84. The number of hydrogen-bond acceptors (Lipinski definition) is 3. The normalized spacial score (nSPS) is 22.7. The number of para-hydroxylation sites is 1. The summed E-state index contributed by atoms with van der Waals surface area (Å²) >= 11 is 0. The monoisotopic (exact) mass is 365 g/mol. The summed E-state index contributed by atoms with van der Waals surface area (Å²) in [4.78, 5) is 26.9. The maximum absolute atomic E-state index is 12.8. The van der Waals surface area contributed by atoms with Gasteiger partial charge in [0.25, 0.3) is 0 Å². The van der Waals surface area contributed by atoms with Crippen LogP contribution in [-0.4, -0.2) is 17.9 Å². The minimum absolute atomic E-state index is 0.00933. The molecular weight excluding hydrogens is 338 g/mol. The van der Waals surface area contributed by atoms with Gasteiger partial charge in [-0.25, -0.2) is 0 Å². The summed E-state index contributed by atoms with van der Waals surface area (Å²) in [6.07, 6.45) is 0. The lowest BCUT2D eigenvalue weighted by Gasteiger charge is -2.45. The minimum Gasteiger partial charge on any atom is -0.461 e. The summed E-state index contributed by atoms with van der Waals surface area (Å²) < 4.78 is 5.60. The minimum atomic E-state index is -0.290. The van der Waals surface area contributed by atoms with E-state index in [2.05, 4.69) is 13.8 Å². The van der Waals surface area contributed by atoms with Crippen LogP contribution < -0.4 is 4.90 Å². The Morgan fingerprint density at radius 3 is 2.33 bits per heavy atom. The lowest BCUT2D eigenvalue weighted by Crippen LogP contribution is -2.48. The van der Waals surface area contributed by atoms with Gasteiger partial charge in [-0.3, -0.25) is 9.59 Å². The highest BCUT2D eigenvalue weighted by molar-refractivity contribution is 5.94. The molecule has 0 radical (unpaired) electrons. The van der Waals surface area contributed by atoms with Crippen molar-refractivity contribution in [2.45, 2.75) is 46.3 Å². The maximum Gasteiger partial charge on any atom is 0.309 e. The molecule has 0 fully saturated rings. The molecule has 142 valence electrons. The quantitative estimate of drug-likeness (QED) is 0.747. The molecule has 1 aliphatic heterocycles. The van der Waals surface area contributed by atoms with Crippen LogP contribution in [-0.2, 0) is 20.9 Å². The lowest BCUT2D eigenvalue weighted by atomic mass is 9.71. The fourth-order valence-corrected chi connectivity index (χ4v) is 4.21. The summed E-state index contributed by atoms with van der Waals surface area (Å²) in [6.45, 7) is 7.97. The second-order valence-corrected chi connectivity index (χ2v) is 7.46. The van der Waals surface area contributed by atoms with Crippen LogP contribution in [0.5, 0.6) is 0 Å². The molecule has 0 saturated heterocycles. The molecule has 1 amide bonds. The molecule has 4 heteroatoms. The number of amides is 1. The third kappa shape index (κ3) is 3.75. The van der Waals surface area contributed by atoms with Gasteiger partial charge in [0.1, 0.15) is 6.61 Å². The second-order valence-electron chi connectivity index (χ2n) is 7.46. The summed E-state index contributed by atoms with van der Waals surface area (Å²) in [7, 11) is 0. The number of nitrogens with zero attached hydrogens (tertiary/aromatic N) is 1. The third-order valence-corrected chi connectivity index (χ3v) is 5.76. The van der Waals surface area contributed by atoms with E-state index in [1.54, 1.807) is 6.92 Å². The molecule has 4 nitrogen and oxygen atoms in total. The van der Waals surface area contributed by atoms with Crippen molar-refractivity contribution < 1.29 is 14.3 Å². The van der Waals surface area contributed by atoms with E-state index in [4.69, 9.17) is 4.74 Å². The Labute approximate surface area is 161 Å². The van der Waals surface area contributed by atoms with Gasteiger partial charge >= 0.3 is 5.97 Å². The number of carbonyl (C=O) groups excluding carboxylic acids is 2. The maximum atomic E-state index is 12.8. The molecule has 2 aromatic rings. The van der Waals surface area contributed by atoms with Crippen molar-refractivity contribution in [1.82, 2.24) is 0 Å². The molecule has 27 heavy (non-hydrogen) atoms. The summed E-state index contributed by atoms with van der Waals surface area (Å²) in [5.74, 6) is -0.312. The van der Waals surface area contributed by atoms with E-state index < -0.39 is 0 Å². The largest absolute Gasteiger partial charge is 0.461 e. The average Bonchev–Trinajstić information content (AvgIpc) is 2.67. The molecule has 0 saturated carbocycles. The standard InChI is InChI=1S/C23H27NO3/c1-15-17(3)24(18(4)25)21-13-9-8-12-20(21)22(15)16(2)23(26)27-14-19-10-6-5-7-11-19/h5-13,15-17,22H,14H2,1-4H3/t15-,16-,17-,22?/m0/s1. The number of hydrogen-bond donors (Lipinski definition) is 0. The number of carbonyl (C=O) groups is 2. The molecule has 1 aliphatic rings. The van der Waals surface area contributed by atoms with Crippen LogP contribution in [0.1, 0.15) is 44.7 Å². The van der Waals surface area contributed by atoms with Crippen molar-refractivity contribution in [2.75, 3.05) is 4.90 Å². The van der Waals surface area contributed by atoms with Crippen LogP contribution in [0.2, 0.25) is 0 Å². The van der Waals surface area contributed by atoms with Gasteiger partial charge in [-0.15, -0.1) is 0 Å². The van der Waals surface area contributed by atoms with Gasteiger partial charge in [0.2, 0.25) is 5.91 Å². The zero-order valence-electron chi connectivity index (χ0n) is 16.4. The second kappa shape index (κ2) is 7.95. The number of anilines is 1. The van der Waals surface area contributed by atoms with Crippen molar-refractivity contribution >= 4 is 17.6 Å². The van der Waals surface area contributed by atoms with Crippen molar-refractivity contribution in [1.29, 1.82) is 0 Å². The van der Waals surface area contributed by atoms with Crippen LogP contribution in [0.3, 0.4) is 0 Å². The van der Waals surface area contributed by atoms with Crippen LogP contribution in [0.4, 0.5) is 5.69 Å². The lowest BCUT2D eigenvalue weighted by molar-refractivity contribution is -0.150. The molecule has 0 N–H and O–H groups in total. The van der Waals surface area contributed by atoms with Crippen molar-refractivity contribution in [3.8, 4) is 0 Å². The highest BCUT2D eigenvalue weighted by Crippen LogP contribution is 2.45. The van der Waals surface area contributed by atoms with E-state index in [0.717, 1.165) is 16.8 Å². The van der Waals surface area contributed by atoms with Crippen molar-refractivity contribution in [2.24, 2.45) is 11.8 Å². The van der Waals surface area contributed by atoms with E-state index in [-0.39, 0.29) is 42.3 Å². The molecule has 0 aromatic heterocycles. The molecule has 0 bridgehead atoms. The Kier molecular flexibility index (Phi) is 5.64. The smallest absolute Gasteiger partial charge is 0.309 e. The van der Waals surface area contributed by atoms with Gasteiger partial charge in [0.15, 0.2) is 0 Å². The van der Waals surface area contributed by atoms with Gasteiger partial charge in [-0.1, -0.05) is 62.4 Å². The molecule has 4 atom stereocenters. The Bertz CT molecular complexity index is 817. The van der Waals surface area contributed by atoms with Crippen LogP contribution in [0, 0.1) is 11.8 Å². The number of fused-ring (bicyclic) bond motifs is 1. The van der Waals surface area contributed by atoms with Crippen LogP contribution in [0.25, 0.3) is 0 Å². The predicted molar refractivity (Wildman–Crippen MR) is 106 cm³/mol. The van der Waals surface area contributed by atoms with Gasteiger partial charge < -0.3 is 9.64 Å². The first-order chi connectivity index (χ1) is 12.9. The van der Waals surface area contributed by atoms with E-state index in [1.165, 1.54) is 0 Å². The zero-order valence-corrected chi connectivity index (χ0v) is 16.4. The first kappa shape index (κ1) is 19.2. The van der Waals surface area contributed by atoms with Gasteiger partial charge in [-0.2, -0.15) is 0 Å². The summed E-state index contributed by atoms with van der Waals surface area (Å²) in [6, 6.07) is 17.6. The van der Waals surface area contributed by atoms with Gasteiger partial charge in [-0.05, 0) is 30.0 Å². The van der Waals surface area contributed by atoms with E-state index in [1.807, 2.05) is 66.4 Å². The van der Waals surface area contributed by atoms with E-state index in [0.29, 0.717) is 0 Å². The average molecular weight is 365 g/mol. The number of benzene rings is 2. The van der Waals surface area contributed by atoms with E-state index >= 15 is 0 Å². The van der Waals surface area contributed by atoms with Gasteiger partial charge in [0, 0.05) is 24.6 Å². The van der Waals surface area contributed by atoms with Crippen LogP contribution in [0.15, 0.2) is 54.6 Å². The number of rotatable bonds is 4. The Hall–Kier alpha value is -2.62. The Morgan fingerprint density at radius 2 is 1.67 bits per heavy atom. The SMILES string of the molecule is CC(=O)N1c2ccccc2C([C@H](C)C(=O)OCc2ccccc2)[C@@H](C)[C@@H]1C.